The molecule has 0 fully saturated rings. The number of sulfone groups is 1. The van der Waals surface area contributed by atoms with Gasteiger partial charge in [-0.2, -0.15) is 0 Å². The Morgan fingerprint density at radius 2 is 1.50 bits per heavy atom. The van der Waals surface area contributed by atoms with E-state index in [2.05, 4.69) is 29.2 Å². The summed E-state index contributed by atoms with van der Waals surface area (Å²) >= 11 is 7.03. The van der Waals surface area contributed by atoms with E-state index in [-0.39, 0.29) is 29.0 Å². The number of aromatic amines is 1. The molecule has 8 heteroatoms. The van der Waals surface area contributed by atoms with E-state index in [4.69, 9.17) is 22.1 Å². The number of hydrogen-bond acceptors (Lipinski definition) is 5. The number of aromatic nitrogens is 1. The van der Waals surface area contributed by atoms with Crippen LogP contribution < -0.4 is 5.73 Å². The Morgan fingerprint density at radius 1 is 0.864 bits per heavy atom. The minimum atomic E-state index is -3.61. The Labute approximate surface area is 264 Å². The van der Waals surface area contributed by atoms with Crippen molar-refractivity contribution in [2.24, 2.45) is 5.73 Å². The third-order valence-corrected chi connectivity index (χ3v) is 9.98. The number of carbonyl (C=O) groups excluding carboxylic acids is 1. The topological polar surface area (TPSA) is 102 Å². The maximum atomic E-state index is 13.6. The number of H-pyrrole nitrogens is 1. The summed E-state index contributed by atoms with van der Waals surface area (Å²) in [5, 5.41) is 1.57. The fourth-order valence-electron chi connectivity index (χ4n) is 5.84. The normalized spacial score (nSPS) is 11.7. The molecule has 0 aliphatic carbocycles. The van der Waals surface area contributed by atoms with Crippen LogP contribution in [-0.4, -0.2) is 38.3 Å². The first-order chi connectivity index (χ1) is 21.3. The second-order valence-electron chi connectivity index (χ2n) is 10.8. The molecule has 0 spiro atoms. The van der Waals surface area contributed by atoms with Crippen molar-refractivity contribution in [3.63, 3.8) is 0 Å². The molecule has 0 aliphatic heterocycles. The van der Waals surface area contributed by atoms with Gasteiger partial charge in [-0.15, -0.1) is 0 Å². The highest BCUT2D eigenvalue weighted by molar-refractivity contribution is 7.91. The predicted molar refractivity (Wildman–Crippen MR) is 177 cm³/mol. The molecule has 5 aromatic rings. The number of halogens is 1. The molecule has 228 valence electrons. The van der Waals surface area contributed by atoms with Crippen LogP contribution in [0.3, 0.4) is 0 Å². The molecule has 1 heterocycles. The molecule has 0 radical (unpaired) electrons. The predicted octanol–water partition coefficient (Wildman–Crippen LogP) is 7.01. The van der Waals surface area contributed by atoms with Crippen LogP contribution in [0.1, 0.15) is 52.8 Å². The second-order valence-corrected chi connectivity index (χ2v) is 13.3. The Bertz CT molecular complexity index is 1780. The molecule has 3 N–H and O–H groups in total. The van der Waals surface area contributed by atoms with Crippen LogP contribution in [0.5, 0.6) is 0 Å². The number of hydrogen-bond donors (Lipinski definition) is 2. The molecule has 5 rings (SSSR count). The molecule has 0 saturated carbocycles. The number of nitrogens with two attached hydrogens (primary N) is 1. The number of aryl methyl sites for hydroxylation is 2. The van der Waals surface area contributed by atoms with E-state index in [1.807, 2.05) is 48.5 Å². The third kappa shape index (κ3) is 7.07. The first-order valence-corrected chi connectivity index (χ1v) is 16.9. The average Bonchev–Trinajstić information content (AvgIpc) is 3.39. The van der Waals surface area contributed by atoms with Crippen molar-refractivity contribution < 1.29 is 17.9 Å². The van der Waals surface area contributed by atoms with Crippen LogP contribution in [0, 0.1) is 0 Å². The van der Waals surface area contributed by atoms with Crippen LogP contribution >= 0.6 is 11.6 Å². The SMILES string of the molecule is CCOC(=O)CCc1ccc(S(=O)(=O)CCc2c(CCN)[nH]c3ccc(Cl)c(C(c4ccccc4)c4ccccc4)c23)cc1. The minimum absolute atomic E-state index is 0.0764. The third-order valence-electron chi connectivity index (χ3n) is 7.92. The van der Waals surface area contributed by atoms with Crippen molar-refractivity contribution in [1.29, 1.82) is 0 Å². The summed E-state index contributed by atoms with van der Waals surface area (Å²) in [6.07, 6.45) is 1.62. The van der Waals surface area contributed by atoms with E-state index in [0.29, 0.717) is 37.4 Å². The fraction of sp³-hybridized carbons (Fsp3) is 0.250. The zero-order chi connectivity index (χ0) is 31.1. The van der Waals surface area contributed by atoms with Crippen LogP contribution in [0.4, 0.5) is 0 Å². The Balaban J connectivity index is 1.52. The van der Waals surface area contributed by atoms with Gasteiger partial charge >= 0.3 is 5.97 Å². The van der Waals surface area contributed by atoms with Gasteiger partial charge in [0, 0.05) is 40.4 Å². The van der Waals surface area contributed by atoms with Crippen molar-refractivity contribution in [2.75, 3.05) is 18.9 Å². The molecule has 0 amide bonds. The molecule has 0 saturated heterocycles. The Kier molecular flexibility index (Phi) is 10.2. The van der Waals surface area contributed by atoms with Gasteiger partial charge in [0.05, 0.1) is 17.3 Å². The molecule has 0 unspecified atom stereocenters. The van der Waals surface area contributed by atoms with E-state index in [1.54, 1.807) is 31.2 Å². The van der Waals surface area contributed by atoms with Crippen molar-refractivity contribution in [2.45, 2.75) is 43.4 Å². The van der Waals surface area contributed by atoms with Crippen molar-refractivity contribution >= 4 is 38.3 Å². The zero-order valence-corrected chi connectivity index (χ0v) is 26.3. The van der Waals surface area contributed by atoms with E-state index >= 15 is 0 Å². The van der Waals surface area contributed by atoms with Crippen molar-refractivity contribution in [1.82, 2.24) is 4.98 Å². The number of fused-ring (bicyclic) bond motifs is 1. The zero-order valence-electron chi connectivity index (χ0n) is 24.8. The molecule has 6 nitrogen and oxygen atoms in total. The lowest BCUT2D eigenvalue weighted by Crippen LogP contribution is -2.12. The fourth-order valence-corrected chi connectivity index (χ4v) is 7.37. The van der Waals surface area contributed by atoms with E-state index in [0.717, 1.165) is 44.4 Å². The standard InChI is InChI=1S/C36H37ClN2O4S/c1-2-43-33(40)20-15-25-13-16-28(17-14-25)44(41,42)24-22-29-31(21-23-38)39-32-19-18-30(37)36(35(29)32)34(26-9-5-3-6-10-26)27-11-7-4-8-12-27/h3-14,16-19,34,39H,2,15,20-24,38H2,1H3. The van der Waals surface area contributed by atoms with Crippen molar-refractivity contribution in [3.8, 4) is 0 Å². The Morgan fingerprint density at radius 3 is 2.09 bits per heavy atom. The molecular weight excluding hydrogens is 592 g/mol. The average molecular weight is 629 g/mol. The lowest BCUT2D eigenvalue weighted by Gasteiger charge is -2.22. The lowest BCUT2D eigenvalue weighted by molar-refractivity contribution is -0.143. The van der Waals surface area contributed by atoms with Gasteiger partial charge in [0.15, 0.2) is 9.84 Å². The summed E-state index contributed by atoms with van der Waals surface area (Å²) in [4.78, 5) is 15.5. The smallest absolute Gasteiger partial charge is 0.306 e. The molecule has 44 heavy (non-hydrogen) atoms. The van der Waals surface area contributed by atoms with Gasteiger partial charge in [0.2, 0.25) is 0 Å². The van der Waals surface area contributed by atoms with Crippen LogP contribution in [0.15, 0.2) is 102 Å². The number of esters is 1. The summed E-state index contributed by atoms with van der Waals surface area (Å²) in [5.41, 5.74) is 12.8. The van der Waals surface area contributed by atoms with Crippen molar-refractivity contribution in [3.05, 3.63) is 136 Å². The number of benzene rings is 4. The highest BCUT2D eigenvalue weighted by Gasteiger charge is 2.26. The molecule has 0 bridgehead atoms. The molecular formula is C36H37ClN2O4S. The second kappa shape index (κ2) is 14.2. The van der Waals surface area contributed by atoms with E-state index in [9.17, 15) is 13.2 Å². The number of carbonyl (C=O) groups is 1. The highest BCUT2D eigenvalue weighted by atomic mass is 35.5. The van der Waals surface area contributed by atoms with Gasteiger partial charge in [-0.05, 0) is 78.4 Å². The molecule has 4 aromatic carbocycles. The first-order valence-electron chi connectivity index (χ1n) is 14.9. The lowest BCUT2D eigenvalue weighted by atomic mass is 9.82. The van der Waals surface area contributed by atoms with Crippen LogP contribution in [-0.2, 0) is 38.6 Å². The Hall–Kier alpha value is -3.91. The summed E-state index contributed by atoms with van der Waals surface area (Å²) in [5.74, 6) is -0.502. The largest absolute Gasteiger partial charge is 0.466 e. The van der Waals surface area contributed by atoms with E-state index in [1.165, 1.54) is 0 Å². The molecule has 0 atom stereocenters. The summed E-state index contributed by atoms with van der Waals surface area (Å²) < 4.78 is 32.2. The van der Waals surface area contributed by atoms with Gasteiger partial charge < -0.3 is 15.5 Å². The summed E-state index contributed by atoms with van der Waals surface area (Å²) in [6.45, 7) is 2.53. The number of nitrogens with one attached hydrogen (secondary N) is 1. The molecule has 1 aromatic heterocycles. The quantitative estimate of drug-likeness (QED) is 0.108. The molecule has 0 aliphatic rings. The van der Waals surface area contributed by atoms with Gasteiger partial charge in [-0.25, -0.2) is 8.42 Å². The van der Waals surface area contributed by atoms with Gasteiger partial charge in [0.25, 0.3) is 0 Å². The summed E-state index contributed by atoms with van der Waals surface area (Å²) in [6, 6.07) is 31.1. The first kappa shape index (κ1) is 31.5. The monoisotopic (exact) mass is 628 g/mol. The summed E-state index contributed by atoms with van der Waals surface area (Å²) in [7, 11) is -3.61. The van der Waals surface area contributed by atoms with Crippen LogP contribution in [0.2, 0.25) is 5.02 Å². The van der Waals surface area contributed by atoms with E-state index < -0.39 is 9.84 Å². The van der Waals surface area contributed by atoms with Gasteiger partial charge in [0.1, 0.15) is 0 Å². The maximum Gasteiger partial charge on any atom is 0.306 e. The number of ether oxygens (including phenoxy) is 1. The number of rotatable bonds is 13. The van der Waals surface area contributed by atoms with Gasteiger partial charge in [-0.1, -0.05) is 84.4 Å². The minimum Gasteiger partial charge on any atom is -0.466 e. The highest BCUT2D eigenvalue weighted by Crippen LogP contribution is 2.42. The van der Waals surface area contributed by atoms with Gasteiger partial charge in [-0.3, -0.25) is 4.79 Å². The van der Waals surface area contributed by atoms with Crippen LogP contribution in [0.25, 0.3) is 10.9 Å². The maximum absolute atomic E-state index is 13.6.